The topological polar surface area (TPSA) is 47.7 Å². The van der Waals surface area contributed by atoms with E-state index in [2.05, 4.69) is 4.90 Å². The van der Waals surface area contributed by atoms with Gasteiger partial charge >= 0.3 is 0 Å². The first kappa shape index (κ1) is 18.4. The van der Waals surface area contributed by atoms with E-state index >= 15 is 0 Å². The summed E-state index contributed by atoms with van der Waals surface area (Å²) in [4.78, 5) is 7.38. The van der Waals surface area contributed by atoms with E-state index in [-0.39, 0.29) is 0 Å². The fourth-order valence-corrected chi connectivity index (χ4v) is 4.78. The van der Waals surface area contributed by atoms with Gasteiger partial charge in [-0.2, -0.15) is 0 Å². The van der Waals surface area contributed by atoms with Crippen LogP contribution in [-0.4, -0.2) is 37.2 Å². The number of nitrogens with zero attached hydrogens (tertiary/aromatic N) is 2. The van der Waals surface area contributed by atoms with Gasteiger partial charge in [0, 0.05) is 13.1 Å². The van der Waals surface area contributed by atoms with Gasteiger partial charge in [0.2, 0.25) is 5.89 Å². The Kier molecular flexibility index (Phi) is 5.39. The number of likely N-dealkylation sites (tertiary alicyclic amines) is 1. The summed E-state index contributed by atoms with van der Waals surface area (Å²) in [6.45, 7) is 5.25. The van der Waals surface area contributed by atoms with Crippen LogP contribution >= 0.6 is 0 Å². The zero-order valence-corrected chi connectivity index (χ0v) is 16.7. The maximum absolute atomic E-state index is 6.02. The van der Waals surface area contributed by atoms with Crippen molar-refractivity contribution >= 4 is 0 Å². The highest BCUT2D eigenvalue weighted by Gasteiger charge is 2.31. The molecule has 1 saturated heterocycles. The molecule has 146 valence electrons. The molecule has 1 aliphatic heterocycles. The first-order valence-corrected chi connectivity index (χ1v) is 10.1. The third-order valence-corrected chi connectivity index (χ3v) is 6.27. The second-order valence-corrected chi connectivity index (χ2v) is 7.89. The Hall–Kier alpha value is -2.01. The molecule has 2 aliphatic rings. The number of aryl methyl sites for hydroxylation is 1. The van der Waals surface area contributed by atoms with Gasteiger partial charge in [0.15, 0.2) is 11.5 Å². The van der Waals surface area contributed by atoms with Gasteiger partial charge in [-0.25, -0.2) is 4.98 Å². The minimum atomic E-state index is 0.603. The molecular weight excluding hydrogens is 340 g/mol. The predicted octanol–water partition coefficient (Wildman–Crippen LogP) is 4.68. The van der Waals surface area contributed by atoms with Gasteiger partial charge in [-0.1, -0.05) is 25.3 Å². The Balaban J connectivity index is 1.52. The predicted molar refractivity (Wildman–Crippen MR) is 105 cm³/mol. The van der Waals surface area contributed by atoms with Gasteiger partial charge in [0.1, 0.15) is 5.76 Å². The van der Waals surface area contributed by atoms with Gasteiger partial charge < -0.3 is 13.9 Å². The summed E-state index contributed by atoms with van der Waals surface area (Å²) in [7, 11) is 3.29. The molecular formula is C22H30N2O3. The summed E-state index contributed by atoms with van der Waals surface area (Å²) in [5.41, 5.74) is 1.86. The number of piperidine rings is 1. The summed E-state index contributed by atoms with van der Waals surface area (Å²) in [6.07, 6.45) is 6.98. The first-order chi connectivity index (χ1) is 13.2. The summed E-state index contributed by atoms with van der Waals surface area (Å²) in [6, 6.07) is 5.78. The standard InChI is InChI=1S/C22H30N2O3/c1-15-19(14-24-12-11-16-7-4-5-8-17(16)13-24)23-22(27-15)18-9-6-10-20(25-2)21(18)26-3/h6,9-10,16-17H,4-5,7-8,11-14H2,1-3H3/t16-,17-/m0/s1. The molecule has 1 saturated carbocycles. The normalized spacial score (nSPS) is 23.1. The lowest BCUT2D eigenvalue weighted by molar-refractivity contribution is 0.0810. The number of fused-ring (bicyclic) bond motifs is 1. The van der Waals surface area contributed by atoms with Gasteiger partial charge in [-0.15, -0.1) is 0 Å². The van der Waals surface area contributed by atoms with Gasteiger partial charge in [-0.05, 0) is 50.3 Å². The maximum atomic E-state index is 6.02. The number of hydrogen-bond donors (Lipinski definition) is 0. The Morgan fingerprint density at radius 3 is 2.70 bits per heavy atom. The van der Waals surface area contributed by atoms with E-state index in [0.29, 0.717) is 17.4 Å². The van der Waals surface area contributed by atoms with Crippen molar-refractivity contribution in [3.8, 4) is 23.0 Å². The summed E-state index contributed by atoms with van der Waals surface area (Å²) >= 11 is 0. The summed E-state index contributed by atoms with van der Waals surface area (Å²) < 4.78 is 17.0. The fraction of sp³-hybridized carbons (Fsp3) is 0.591. The molecule has 5 heteroatoms. The maximum Gasteiger partial charge on any atom is 0.230 e. The van der Waals surface area contributed by atoms with Crippen LogP contribution in [0.2, 0.25) is 0 Å². The largest absolute Gasteiger partial charge is 0.493 e. The third-order valence-electron chi connectivity index (χ3n) is 6.27. The molecule has 2 fully saturated rings. The molecule has 0 N–H and O–H groups in total. The SMILES string of the molecule is COc1cccc(-c2nc(CN3CC[C@@H]4CCCC[C@H]4C3)c(C)o2)c1OC. The molecule has 1 aromatic carbocycles. The van der Waals surface area contributed by atoms with Crippen molar-refractivity contribution in [2.75, 3.05) is 27.3 Å². The molecule has 0 spiro atoms. The highest BCUT2D eigenvalue weighted by Crippen LogP contribution is 2.39. The molecule has 27 heavy (non-hydrogen) atoms. The second kappa shape index (κ2) is 7.93. The number of oxazole rings is 1. The van der Waals surface area contributed by atoms with Crippen LogP contribution in [0.25, 0.3) is 11.5 Å². The Labute approximate surface area is 161 Å². The molecule has 0 radical (unpaired) electrons. The number of aromatic nitrogens is 1. The number of methoxy groups -OCH3 is 2. The van der Waals surface area contributed by atoms with Crippen molar-refractivity contribution in [3.63, 3.8) is 0 Å². The molecule has 0 bridgehead atoms. The second-order valence-electron chi connectivity index (χ2n) is 7.89. The smallest absolute Gasteiger partial charge is 0.230 e. The lowest BCUT2D eigenvalue weighted by Crippen LogP contribution is -2.41. The van der Waals surface area contributed by atoms with Crippen LogP contribution in [0.4, 0.5) is 0 Å². The van der Waals surface area contributed by atoms with E-state index in [1.807, 2.05) is 25.1 Å². The van der Waals surface area contributed by atoms with E-state index in [4.69, 9.17) is 18.9 Å². The van der Waals surface area contributed by atoms with Crippen molar-refractivity contribution in [2.24, 2.45) is 11.8 Å². The van der Waals surface area contributed by atoms with Gasteiger partial charge in [0.25, 0.3) is 0 Å². The zero-order valence-electron chi connectivity index (χ0n) is 16.7. The third kappa shape index (κ3) is 3.70. The van der Waals surface area contributed by atoms with Gasteiger partial charge in [-0.3, -0.25) is 4.90 Å². The molecule has 5 nitrogen and oxygen atoms in total. The molecule has 1 aliphatic carbocycles. The van der Waals surface area contributed by atoms with Crippen molar-refractivity contribution in [2.45, 2.75) is 45.6 Å². The van der Waals surface area contributed by atoms with Crippen molar-refractivity contribution in [3.05, 3.63) is 29.7 Å². The molecule has 0 unspecified atom stereocenters. The molecule has 0 amide bonds. The van der Waals surface area contributed by atoms with E-state index in [1.54, 1.807) is 14.2 Å². The van der Waals surface area contributed by atoms with Crippen LogP contribution in [0.3, 0.4) is 0 Å². The summed E-state index contributed by atoms with van der Waals surface area (Å²) in [5, 5.41) is 0. The zero-order chi connectivity index (χ0) is 18.8. The molecule has 1 aromatic heterocycles. The Morgan fingerprint density at radius 1 is 1.11 bits per heavy atom. The molecule has 4 rings (SSSR count). The fourth-order valence-electron chi connectivity index (χ4n) is 4.78. The monoisotopic (exact) mass is 370 g/mol. The van der Waals surface area contributed by atoms with E-state index < -0.39 is 0 Å². The van der Waals surface area contributed by atoms with E-state index in [1.165, 1.54) is 45.2 Å². The minimum absolute atomic E-state index is 0.603. The summed E-state index contributed by atoms with van der Waals surface area (Å²) in [5.74, 6) is 4.66. The van der Waals surface area contributed by atoms with Crippen LogP contribution < -0.4 is 9.47 Å². The molecule has 2 aromatic rings. The molecule has 2 heterocycles. The Bertz CT molecular complexity index is 786. The average Bonchev–Trinajstić information content (AvgIpc) is 3.07. The molecule has 2 atom stereocenters. The van der Waals surface area contributed by atoms with Crippen LogP contribution in [0.1, 0.15) is 43.6 Å². The van der Waals surface area contributed by atoms with Crippen molar-refractivity contribution < 1.29 is 13.9 Å². The lowest BCUT2D eigenvalue weighted by atomic mass is 9.75. The quantitative estimate of drug-likeness (QED) is 0.765. The number of ether oxygens (including phenoxy) is 2. The number of para-hydroxylation sites is 1. The van der Waals surface area contributed by atoms with Crippen molar-refractivity contribution in [1.29, 1.82) is 0 Å². The Morgan fingerprint density at radius 2 is 1.93 bits per heavy atom. The van der Waals surface area contributed by atoms with E-state index in [0.717, 1.165) is 35.4 Å². The number of rotatable bonds is 5. The lowest BCUT2D eigenvalue weighted by Gasteiger charge is -2.41. The van der Waals surface area contributed by atoms with Crippen LogP contribution in [0.15, 0.2) is 22.6 Å². The highest BCUT2D eigenvalue weighted by atomic mass is 16.5. The highest BCUT2D eigenvalue weighted by molar-refractivity contribution is 5.68. The van der Waals surface area contributed by atoms with Crippen LogP contribution in [0.5, 0.6) is 11.5 Å². The number of benzene rings is 1. The van der Waals surface area contributed by atoms with Crippen LogP contribution in [0, 0.1) is 18.8 Å². The van der Waals surface area contributed by atoms with Crippen molar-refractivity contribution in [1.82, 2.24) is 9.88 Å². The van der Waals surface area contributed by atoms with Gasteiger partial charge in [0.05, 0.1) is 25.5 Å². The average molecular weight is 370 g/mol. The number of hydrogen-bond acceptors (Lipinski definition) is 5. The van der Waals surface area contributed by atoms with Crippen LogP contribution in [-0.2, 0) is 6.54 Å². The van der Waals surface area contributed by atoms with E-state index in [9.17, 15) is 0 Å². The minimum Gasteiger partial charge on any atom is -0.493 e. The first-order valence-electron chi connectivity index (χ1n) is 10.1.